The highest BCUT2D eigenvalue weighted by molar-refractivity contribution is 5.95. The lowest BCUT2D eigenvalue weighted by Gasteiger charge is -2.11. The Kier molecular flexibility index (Phi) is 3.76. The summed E-state index contributed by atoms with van der Waals surface area (Å²) in [5, 5.41) is 16.4. The molecule has 116 valence electrons. The molecule has 0 fully saturated rings. The van der Waals surface area contributed by atoms with Gasteiger partial charge in [0.1, 0.15) is 11.6 Å². The highest BCUT2D eigenvalue weighted by Crippen LogP contribution is 2.31. The molecule has 0 atom stereocenters. The summed E-state index contributed by atoms with van der Waals surface area (Å²) in [5.74, 6) is -0.875. The Morgan fingerprint density at radius 3 is 2.87 bits per heavy atom. The van der Waals surface area contributed by atoms with E-state index in [0.717, 1.165) is 0 Å². The SMILES string of the molecule is Cn1ncc(-c2cccc(F)c2)c1Nc1cnccc1C(=O)O. The third-order valence-electron chi connectivity index (χ3n) is 3.38. The molecule has 2 aromatic heterocycles. The van der Waals surface area contributed by atoms with Gasteiger partial charge in [0.25, 0.3) is 0 Å². The van der Waals surface area contributed by atoms with Gasteiger partial charge < -0.3 is 10.4 Å². The molecule has 0 radical (unpaired) electrons. The number of carboxylic acids is 1. The maximum Gasteiger partial charge on any atom is 0.337 e. The van der Waals surface area contributed by atoms with Crippen molar-refractivity contribution >= 4 is 17.5 Å². The molecule has 7 heteroatoms. The Balaban J connectivity index is 2.05. The van der Waals surface area contributed by atoms with E-state index in [-0.39, 0.29) is 11.4 Å². The molecule has 0 unspecified atom stereocenters. The van der Waals surface area contributed by atoms with Crippen molar-refractivity contribution in [3.05, 3.63) is 60.3 Å². The zero-order valence-electron chi connectivity index (χ0n) is 12.2. The number of aryl methyl sites for hydroxylation is 1. The van der Waals surface area contributed by atoms with E-state index < -0.39 is 5.97 Å². The van der Waals surface area contributed by atoms with Gasteiger partial charge in [-0.2, -0.15) is 5.10 Å². The zero-order chi connectivity index (χ0) is 16.4. The van der Waals surface area contributed by atoms with E-state index in [1.165, 1.54) is 30.6 Å². The highest BCUT2D eigenvalue weighted by Gasteiger charge is 2.15. The molecular formula is C16H13FN4O2. The van der Waals surface area contributed by atoms with E-state index in [0.29, 0.717) is 22.6 Å². The summed E-state index contributed by atoms with van der Waals surface area (Å²) >= 11 is 0. The number of aromatic carboxylic acids is 1. The fourth-order valence-corrected chi connectivity index (χ4v) is 2.26. The molecular weight excluding hydrogens is 299 g/mol. The first-order valence-corrected chi connectivity index (χ1v) is 6.78. The highest BCUT2D eigenvalue weighted by atomic mass is 19.1. The molecule has 0 aliphatic heterocycles. The molecule has 0 aliphatic carbocycles. The Morgan fingerprint density at radius 1 is 1.30 bits per heavy atom. The van der Waals surface area contributed by atoms with Crippen LogP contribution in [0.4, 0.5) is 15.9 Å². The van der Waals surface area contributed by atoms with Crippen LogP contribution in [0.5, 0.6) is 0 Å². The number of carboxylic acid groups (broad SMARTS) is 1. The van der Waals surface area contributed by atoms with Crippen molar-refractivity contribution in [2.45, 2.75) is 0 Å². The predicted octanol–water partition coefficient (Wildman–Crippen LogP) is 3.06. The van der Waals surface area contributed by atoms with Crippen molar-refractivity contribution < 1.29 is 14.3 Å². The number of pyridine rings is 1. The third kappa shape index (κ3) is 2.89. The van der Waals surface area contributed by atoms with E-state index in [1.807, 2.05) is 0 Å². The Bertz CT molecular complexity index is 876. The summed E-state index contributed by atoms with van der Waals surface area (Å²) in [6.45, 7) is 0. The molecule has 3 rings (SSSR count). The standard InChI is InChI=1S/C16H13FN4O2/c1-21-15(20-14-9-18-6-5-12(14)16(22)23)13(8-19-21)10-3-2-4-11(17)7-10/h2-9,20H,1H3,(H,22,23). The summed E-state index contributed by atoms with van der Waals surface area (Å²) in [4.78, 5) is 15.2. The Hall–Kier alpha value is -3.22. The van der Waals surface area contributed by atoms with Crippen molar-refractivity contribution in [3.8, 4) is 11.1 Å². The largest absolute Gasteiger partial charge is 0.478 e. The quantitative estimate of drug-likeness (QED) is 0.774. The van der Waals surface area contributed by atoms with Gasteiger partial charge in [0.2, 0.25) is 0 Å². The van der Waals surface area contributed by atoms with Crippen LogP contribution in [-0.2, 0) is 7.05 Å². The number of hydrogen-bond donors (Lipinski definition) is 2. The maximum atomic E-state index is 13.5. The number of nitrogens with one attached hydrogen (secondary N) is 1. The second-order valence-corrected chi connectivity index (χ2v) is 4.89. The Labute approximate surface area is 131 Å². The van der Waals surface area contributed by atoms with Crippen molar-refractivity contribution in [2.75, 3.05) is 5.32 Å². The van der Waals surface area contributed by atoms with Crippen molar-refractivity contribution in [1.29, 1.82) is 0 Å². The Morgan fingerprint density at radius 2 is 2.13 bits per heavy atom. The normalized spacial score (nSPS) is 10.5. The smallest absolute Gasteiger partial charge is 0.337 e. The number of halogens is 1. The number of hydrogen-bond acceptors (Lipinski definition) is 4. The van der Waals surface area contributed by atoms with Gasteiger partial charge in [0.05, 0.1) is 23.6 Å². The molecule has 2 N–H and O–H groups in total. The molecule has 23 heavy (non-hydrogen) atoms. The predicted molar refractivity (Wildman–Crippen MR) is 83.1 cm³/mol. The minimum Gasteiger partial charge on any atom is -0.478 e. The number of nitrogens with zero attached hydrogens (tertiary/aromatic N) is 3. The molecule has 0 bridgehead atoms. The average molecular weight is 312 g/mol. The maximum absolute atomic E-state index is 13.5. The van der Waals surface area contributed by atoms with E-state index >= 15 is 0 Å². The average Bonchev–Trinajstić information content (AvgIpc) is 2.89. The molecule has 0 saturated heterocycles. The molecule has 3 aromatic rings. The number of anilines is 2. The first-order valence-electron chi connectivity index (χ1n) is 6.78. The van der Waals surface area contributed by atoms with Crippen LogP contribution in [0.1, 0.15) is 10.4 Å². The van der Waals surface area contributed by atoms with Crippen molar-refractivity contribution in [2.24, 2.45) is 7.05 Å². The number of benzene rings is 1. The fourth-order valence-electron chi connectivity index (χ4n) is 2.26. The summed E-state index contributed by atoms with van der Waals surface area (Å²) in [5.41, 5.74) is 1.72. The van der Waals surface area contributed by atoms with Gasteiger partial charge in [-0.1, -0.05) is 12.1 Å². The van der Waals surface area contributed by atoms with E-state index in [9.17, 15) is 14.3 Å². The first-order chi connectivity index (χ1) is 11.1. The number of carbonyl (C=O) groups is 1. The summed E-state index contributed by atoms with van der Waals surface area (Å²) in [6.07, 6.45) is 4.42. The van der Waals surface area contributed by atoms with E-state index in [2.05, 4.69) is 15.4 Å². The van der Waals surface area contributed by atoms with Crippen LogP contribution in [-0.4, -0.2) is 25.8 Å². The lowest BCUT2D eigenvalue weighted by molar-refractivity contribution is 0.0698. The van der Waals surface area contributed by atoms with Gasteiger partial charge in [-0.15, -0.1) is 0 Å². The second-order valence-electron chi connectivity index (χ2n) is 4.89. The van der Waals surface area contributed by atoms with Crippen molar-refractivity contribution in [3.63, 3.8) is 0 Å². The minimum absolute atomic E-state index is 0.0893. The molecule has 0 spiro atoms. The van der Waals surface area contributed by atoms with Crippen LogP contribution in [0.3, 0.4) is 0 Å². The van der Waals surface area contributed by atoms with Gasteiger partial charge in [0, 0.05) is 18.8 Å². The minimum atomic E-state index is -1.07. The first kappa shape index (κ1) is 14.7. The van der Waals surface area contributed by atoms with Crippen LogP contribution in [0.15, 0.2) is 48.9 Å². The van der Waals surface area contributed by atoms with Crippen LogP contribution in [0.2, 0.25) is 0 Å². The molecule has 1 aromatic carbocycles. The van der Waals surface area contributed by atoms with Gasteiger partial charge in [-0.25, -0.2) is 9.18 Å². The molecule has 0 saturated carbocycles. The van der Waals surface area contributed by atoms with Crippen LogP contribution in [0, 0.1) is 5.82 Å². The summed E-state index contributed by atoms with van der Waals surface area (Å²) in [6, 6.07) is 7.52. The van der Waals surface area contributed by atoms with Gasteiger partial charge in [-0.3, -0.25) is 9.67 Å². The summed E-state index contributed by atoms with van der Waals surface area (Å²) < 4.78 is 15.0. The van der Waals surface area contributed by atoms with E-state index in [4.69, 9.17) is 0 Å². The third-order valence-corrected chi connectivity index (χ3v) is 3.38. The summed E-state index contributed by atoms with van der Waals surface area (Å²) in [7, 11) is 1.71. The van der Waals surface area contributed by atoms with Crippen LogP contribution in [0.25, 0.3) is 11.1 Å². The topological polar surface area (TPSA) is 80.0 Å². The monoisotopic (exact) mass is 312 g/mol. The van der Waals surface area contributed by atoms with Gasteiger partial charge in [-0.05, 0) is 23.8 Å². The van der Waals surface area contributed by atoms with Crippen LogP contribution >= 0.6 is 0 Å². The van der Waals surface area contributed by atoms with Crippen LogP contribution < -0.4 is 5.32 Å². The molecule has 2 heterocycles. The van der Waals surface area contributed by atoms with Gasteiger partial charge in [0.15, 0.2) is 0 Å². The van der Waals surface area contributed by atoms with Crippen molar-refractivity contribution in [1.82, 2.24) is 14.8 Å². The second kappa shape index (κ2) is 5.88. The van der Waals surface area contributed by atoms with E-state index in [1.54, 1.807) is 30.1 Å². The fraction of sp³-hybridized carbons (Fsp3) is 0.0625. The lowest BCUT2D eigenvalue weighted by atomic mass is 10.1. The molecule has 6 nitrogen and oxygen atoms in total. The molecule has 0 aliphatic rings. The number of rotatable bonds is 4. The zero-order valence-corrected chi connectivity index (χ0v) is 12.2. The molecule has 0 amide bonds. The van der Waals surface area contributed by atoms with Gasteiger partial charge >= 0.3 is 5.97 Å². The lowest BCUT2D eigenvalue weighted by Crippen LogP contribution is -2.06. The number of aromatic nitrogens is 3.